The molecule has 0 bridgehead atoms. The second-order valence-electron chi connectivity index (χ2n) is 5.12. The second-order valence-corrected chi connectivity index (χ2v) is 5.12. The number of halogens is 3. The lowest BCUT2D eigenvalue weighted by atomic mass is 10.2. The molecule has 138 valence electrons. The third-order valence-corrected chi connectivity index (χ3v) is 3.33. The van der Waals surface area contributed by atoms with Gasteiger partial charge in [0.2, 0.25) is 5.91 Å². The molecule has 7 nitrogen and oxygen atoms in total. The van der Waals surface area contributed by atoms with Crippen LogP contribution in [-0.4, -0.2) is 24.5 Å². The zero-order chi connectivity index (χ0) is 19.3. The molecular formula is C16H14F3N3O4. The molecule has 26 heavy (non-hydrogen) atoms. The molecular weight excluding hydrogens is 355 g/mol. The van der Waals surface area contributed by atoms with Gasteiger partial charge in [-0.3, -0.25) is 14.9 Å². The van der Waals surface area contributed by atoms with Crippen molar-refractivity contribution in [1.82, 2.24) is 0 Å². The van der Waals surface area contributed by atoms with E-state index < -0.39 is 22.6 Å². The van der Waals surface area contributed by atoms with Gasteiger partial charge in [0.05, 0.1) is 29.8 Å². The smallest absolute Gasteiger partial charge is 0.416 e. The predicted molar refractivity (Wildman–Crippen MR) is 88.2 cm³/mol. The Labute approximate surface area is 145 Å². The Balaban J connectivity index is 2.01. The number of nitrogens with one attached hydrogen (secondary N) is 2. The van der Waals surface area contributed by atoms with E-state index in [1.54, 1.807) is 0 Å². The summed E-state index contributed by atoms with van der Waals surface area (Å²) in [5.74, 6) is -0.317. The number of nitro groups is 1. The first-order valence-corrected chi connectivity index (χ1v) is 7.24. The largest absolute Gasteiger partial charge is 0.495 e. The number of rotatable bonds is 6. The van der Waals surface area contributed by atoms with Crippen molar-refractivity contribution in [3.05, 3.63) is 58.1 Å². The SMILES string of the molecule is COc1ccc([N+](=O)[O-])cc1NC(=O)CNc1ccc(C(F)(F)F)cc1. The highest BCUT2D eigenvalue weighted by atomic mass is 19.4. The van der Waals surface area contributed by atoms with Crippen LogP contribution in [-0.2, 0) is 11.0 Å². The molecule has 0 fully saturated rings. The van der Waals surface area contributed by atoms with Crippen LogP contribution in [0.1, 0.15) is 5.56 Å². The number of non-ortho nitro benzene ring substituents is 1. The number of hydrogen-bond donors (Lipinski definition) is 2. The lowest BCUT2D eigenvalue weighted by molar-refractivity contribution is -0.384. The molecule has 0 spiro atoms. The van der Waals surface area contributed by atoms with Gasteiger partial charge >= 0.3 is 6.18 Å². The van der Waals surface area contributed by atoms with Gasteiger partial charge in [-0.05, 0) is 30.3 Å². The molecule has 2 rings (SSSR count). The van der Waals surface area contributed by atoms with Crippen molar-refractivity contribution in [2.75, 3.05) is 24.3 Å². The van der Waals surface area contributed by atoms with E-state index in [4.69, 9.17) is 4.74 Å². The molecule has 1 amide bonds. The standard InChI is InChI=1S/C16H14F3N3O4/c1-26-14-7-6-12(22(24)25)8-13(14)21-15(23)9-20-11-4-2-10(3-5-11)16(17,18)19/h2-8,20H,9H2,1H3,(H,21,23). The molecule has 0 aliphatic heterocycles. The number of alkyl halides is 3. The van der Waals surface area contributed by atoms with Crippen LogP contribution in [0.25, 0.3) is 0 Å². The number of amides is 1. The summed E-state index contributed by atoms with van der Waals surface area (Å²) >= 11 is 0. The molecule has 0 radical (unpaired) electrons. The number of anilines is 2. The number of methoxy groups -OCH3 is 1. The molecule has 0 aliphatic rings. The van der Waals surface area contributed by atoms with Crippen LogP contribution < -0.4 is 15.4 Å². The van der Waals surface area contributed by atoms with Crippen molar-refractivity contribution >= 4 is 23.0 Å². The van der Waals surface area contributed by atoms with Crippen LogP contribution in [0.15, 0.2) is 42.5 Å². The van der Waals surface area contributed by atoms with E-state index in [1.807, 2.05) is 0 Å². The third-order valence-electron chi connectivity index (χ3n) is 3.33. The van der Waals surface area contributed by atoms with Gasteiger partial charge in [0.25, 0.3) is 5.69 Å². The first-order valence-electron chi connectivity index (χ1n) is 7.24. The Kier molecular flexibility index (Phi) is 5.65. The molecule has 0 unspecified atom stereocenters. The molecule has 0 aromatic heterocycles. The highest BCUT2D eigenvalue weighted by Crippen LogP contribution is 2.30. The van der Waals surface area contributed by atoms with Crippen molar-refractivity contribution in [3.63, 3.8) is 0 Å². The zero-order valence-corrected chi connectivity index (χ0v) is 13.5. The number of carbonyl (C=O) groups is 1. The number of hydrogen-bond acceptors (Lipinski definition) is 5. The van der Waals surface area contributed by atoms with Crippen molar-refractivity contribution < 1.29 is 27.6 Å². The topological polar surface area (TPSA) is 93.5 Å². The molecule has 2 aromatic carbocycles. The van der Waals surface area contributed by atoms with E-state index in [2.05, 4.69) is 10.6 Å². The first kappa shape index (κ1) is 19.0. The summed E-state index contributed by atoms with van der Waals surface area (Å²) in [5.41, 5.74) is -0.592. The number of benzene rings is 2. The van der Waals surface area contributed by atoms with Gasteiger partial charge in [-0.2, -0.15) is 13.2 Å². The second kappa shape index (κ2) is 7.72. The van der Waals surface area contributed by atoms with Crippen LogP contribution in [0.2, 0.25) is 0 Å². The molecule has 0 heterocycles. The Bertz CT molecular complexity index is 807. The van der Waals surface area contributed by atoms with E-state index in [0.717, 1.165) is 18.2 Å². The summed E-state index contributed by atoms with van der Waals surface area (Å²) in [6.07, 6.45) is -4.44. The fourth-order valence-corrected chi connectivity index (χ4v) is 2.06. The molecule has 2 aromatic rings. The van der Waals surface area contributed by atoms with Crippen molar-refractivity contribution in [2.45, 2.75) is 6.18 Å². The quantitative estimate of drug-likeness (QED) is 0.599. The van der Waals surface area contributed by atoms with E-state index in [-0.39, 0.29) is 23.7 Å². The molecule has 10 heteroatoms. The Morgan fingerprint density at radius 1 is 1.19 bits per heavy atom. The fraction of sp³-hybridized carbons (Fsp3) is 0.188. The van der Waals surface area contributed by atoms with Crippen LogP contribution >= 0.6 is 0 Å². The predicted octanol–water partition coefficient (Wildman–Crippen LogP) is 3.67. The summed E-state index contributed by atoms with van der Waals surface area (Å²) in [6, 6.07) is 7.91. The van der Waals surface area contributed by atoms with E-state index in [0.29, 0.717) is 5.69 Å². The van der Waals surface area contributed by atoms with Gasteiger partial charge in [0.15, 0.2) is 0 Å². The molecule has 0 saturated carbocycles. The average molecular weight is 369 g/mol. The highest BCUT2D eigenvalue weighted by molar-refractivity contribution is 5.95. The lowest BCUT2D eigenvalue weighted by Gasteiger charge is -2.12. The lowest BCUT2D eigenvalue weighted by Crippen LogP contribution is -2.22. The monoisotopic (exact) mass is 369 g/mol. The number of carbonyl (C=O) groups excluding carboxylic acids is 1. The molecule has 0 aliphatic carbocycles. The first-order chi connectivity index (χ1) is 12.2. The normalized spacial score (nSPS) is 10.9. The van der Waals surface area contributed by atoms with Gasteiger partial charge < -0.3 is 15.4 Å². The van der Waals surface area contributed by atoms with Gasteiger partial charge in [-0.15, -0.1) is 0 Å². The summed E-state index contributed by atoms with van der Waals surface area (Å²) < 4.78 is 42.5. The Morgan fingerprint density at radius 2 is 1.85 bits per heavy atom. The number of nitrogens with zero attached hydrogens (tertiary/aromatic N) is 1. The summed E-state index contributed by atoms with van der Waals surface area (Å²) in [7, 11) is 1.34. The van der Waals surface area contributed by atoms with Crippen LogP contribution in [0, 0.1) is 10.1 Å². The van der Waals surface area contributed by atoms with Gasteiger partial charge in [-0.1, -0.05) is 0 Å². The number of ether oxygens (including phenoxy) is 1. The van der Waals surface area contributed by atoms with Gasteiger partial charge in [0, 0.05) is 17.8 Å². The van der Waals surface area contributed by atoms with Crippen molar-refractivity contribution in [1.29, 1.82) is 0 Å². The number of nitro benzene ring substituents is 1. The molecule has 2 N–H and O–H groups in total. The molecule has 0 saturated heterocycles. The van der Waals surface area contributed by atoms with Crippen molar-refractivity contribution in [3.8, 4) is 5.75 Å². The summed E-state index contributed by atoms with van der Waals surface area (Å²) in [6.45, 7) is -0.253. The van der Waals surface area contributed by atoms with Crippen LogP contribution in [0.4, 0.5) is 30.2 Å². The zero-order valence-electron chi connectivity index (χ0n) is 13.5. The van der Waals surface area contributed by atoms with Crippen molar-refractivity contribution in [2.24, 2.45) is 0 Å². The maximum Gasteiger partial charge on any atom is 0.416 e. The Morgan fingerprint density at radius 3 is 2.38 bits per heavy atom. The minimum Gasteiger partial charge on any atom is -0.495 e. The third kappa shape index (κ3) is 4.85. The molecule has 0 atom stereocenters. The average Bonchev–Trinajstić information content (AvgIpc) is 2.59. The van der Waals surface area contributed by atoms with E-state index in [9.17, 15) is 28.1 Å². The maximum absolute atomic E-state index is 12.5. The van der Waals surface area contributed by atoms with Gasteiger partial charge in [-0.25, -0.2) is 0 Å². The van der Waals surface area contributed by atoms with Crippen LogP contribution in [0.5, 0.6) is 5.75 Å². The summed E-state index contributed by atoms with van der Waals surface area (Å²) in [5, 5.41) is 15.9. The minimum absolute atomic E-state index is 0.112. The van der Waals surface area contributed by atoms with E-state index >= 15 is 0 Å². The van der Waals surface area contributed by atoms with Gasteiger partial charge in [0.1, 0.15) is 5.75 Å². The highest BCUT2D eigenvalue weighted by Gasteiger charge is 2.29. The van der Waals surface area contributed by atoms with Crippen LogP contribution in [0.3, 0.4) is 0 Å². The minimum atomic E-state index is -4.44. The summed E-state index contributed by atoms with van der Waals surface area (Å²) in [4.78, 5) is 22.2. The fourth-order valence-electron chi connectivity index (χ4n) is 2.06. The maximum atomic E-state index is 12.5. The van der Waals surface area contributed by atoms with E-state index in [1.165, 1.54) is 31.4 Å². The Hall–Kier alpha value is -3.30.